The Bertz CT molecular complexity index is 1660. The number of carbonyl (C=O) groups excluding carboxylic acids is 3. The van der Waals surface area contributed by atoms with Gasteiger partial charge in [-0.2, -0.15) is 5.10 Å². The summed E-state index contributed by atoms with van der Waals surface area (Å²) >= 11 is 0. The van der Waals surface area contributed by atoms with Crippen molar-refractivity contribution in [2.45, 2.75) is 50.9 Å². The number of fused-ring (bicyclic) bond motifs is 4. The molecule has 0 spiro atoms. The molecule has 43 heavy (non-hydrogen) atoms. The van der Waals surface area contributed by atoms with Crippen LogP contribution in [-0.4, -0.2) is 79.6 Å². The van der Waals surface area contributed by atoms with Crippen LogP contribution in [0.25, 0.3) is 10.9 Å². The molecular weight excluding hydrogens is 544 g/mol. The lowest BCUT2D eigenvalue weighted by Crippen LogP contribution is -2.56. The number of anilines is 1. The van der Waals surface area contributed by atoms with E-state index in [0.717, 1.165) is 38.8 Å². The molecule has 1 atom stereocenters. The lowest BCUT2D eigenvalue weighted by atomic mass is 9.98. The number of nitrogens with one attached hydrogen (secondary N) is 3. The summed E-state index contributed by atoms with van der Waals surface area (Å²) in [5.74, 6) is -0.0891. The highest BCUT2D eigenvalue weighted by Crippen LogP contribution is 2.29. The monoisotopic (exact) mass is 578 g/mol. The van der Waals surface area contributed by atoms with Gasteiger partial charge in [0.05, 0.1) is 11.7 Å². The standard InChI is InChI=1S/C32H34N8O3/c41-30-29(36-31(42)38-15-10-24(11-16-38)40-19-23-3-1-2-4-27(23)35-32(40)43)17-22-5-6-28-25(18-34-37-28)26(22)20-39(30)14-9-21-7-12-33-13-8-21/h1-8,12-13,18,24,29H,9-11,14-17,19-20H2,(H,34,37)(H,35,43)(H,36,42)/t29-/m1/s1. The molecule has 0 unspecified atom stereocenters. The van der Waals surface area contributed by atoms with Crippen LogP contribution in [0, 0.1) is 0 Å². The van der Waals surface area contributed by atoms with Crippen LogP contribution in [0.1, 0.15) is 35.1 Å². The molecule has 2 aromatic heterocycles. The minimum absolute atomic E-state index is 0.0462. The Morgan fingerprint density at radius 2 is 1.79 bits per heavy atom. The molecule has 1 fully saturated rings. The highest BCUT2D eigenvalue weighted by atomic mass is 16.2. The van der Waals surface area contributed by atoms with E-state index in [-0.39, 0.29) is 24.0 Å². The molecule has 7 rings (SSSR count). The van der Waals surface area contributed by atoms with Crippen LogP contribution < -0.4 is 10.6 Å². The number of rotatable bonds is 5. The Labute approximate surface area is 249 Å². The summed E-state index contributed by atoms with van der Waals surface area (Å²) in [4.78, 5) is 49.9. The summed E-state index contributed by atoms with van der Waals surface area (Å²) in [6.07, 6.45) is 7.79. The zero-order valence-corrected chi connectivity index (χ0v) is 23.8. The van der Waals surface area contributed by atoms with Crippen molar-refractivity contribution in [2.75, 3.05) is 25.0 Å². The lowest BCUT2D eigenvalue weighted by molar-refractivity contribution is -0.133. The van der Waals surface area contributed by atoms with Crippen LogP contribution in [0.4, 0.5) is 15.3 Å². The first kappa shape index (κ1) is 26.9. The van der Waals surface area contributed by atoms with E-state index in [2.05, 4.69) is 25.8 Å². The number of piperidine rings is 1. The first-order valence-electron chi connectivity index (χ1n) is 14.9. The molecule has 0 radical (unpaired) electrons. The maximum atomic E-state index is 13.9. The van der Waals surface area contributed by atoms with Crippen molar-refractivity contribution >= 4 is 34.6 Å². The third-order valence-electron chi connectivity index (χ3n) is 8.99. The second kappa shape index (κ2) is 11.4. The zero-order valence-electron chi connectivity index (χ0n) is 23.8. The molecule has 3 N–H and O–H groups in total. The van der Waals surface area contributed by atoms with Crippen molar-refractivity contribution in [1.82, 2.24) is 35.2 Å². The topological polar surface area (TPSA) is 127 Å². The van der Waals surface area contributed by atoms with Gasteiger partial charge in [0.15, 0.2) is 0 Å². The predicted octanol–water partition coefficient (Wildman–Crippen LogP) is 3.68. The number of hydrogen-bond acceptors (Lipinski definition) is 5. The molecule has 0 saturated carbocycles. The number of aromatic nitrogens is 3. The number of aromatic amines is 1. The predicted molar refractivity (Wildman–Crippen MR) is 161 cm³/mol. The van der Waals surface area contributed by atoms with E-state index >= 15 is 0 Å². The number of H-pyrrole nitrogens is 1. The van der Waals surface area contributed by atoms with E-state index in [1.165, 1.54) is 0 Å². The largest absolute Gasteiger partial charge is 0.336 e. The van der Waals surface area contributed by atoms with Crippen molar-refractivity contribution in [1.29, 1.82) is 0 Å². The van der Waals surface area contributed by atoms with Gasteiger partial charge in [0.25, 0.3) is 0 Å². The summed E-state index contributed by atoms with van der Waals surface area (Å²) in [5.41, 5.74) is 6.08. The third kappa shape index (κ3) is 5.38. The Hall–Kier alpha value is -4.93. The molecular formula is C32H34N8O3. The van der Waals surface area contributed by atoms with Gasteiger partial charge in [-0.25, -0.2) is 9.59 Å². The molecule has 5 heterocycles. The van der Waals surface area contributed by atoms with Gasteiger partial charge in [0.2, 0.25) is 5.91 Å². The number of urea groups is 2. The SMILES string of the molecule is O=C(N[C@@H]1Cc2ccc3[nH]ncc3c2CN(CCc2ccncc2)C1=O)N1CCC(N2Cc3ccccc3NC2=O)CC1. The minimum Gasteiger partial charge on any atom is -0.336 e. The zero-order chi connectivity index (χ0) is 29.3. The molecule has 1 saturated heterocycles. The quantitative estimate of drug-likeness (QED) is 0.333. The number of likely N-dealkylation sites (tertiary alicyclic amines) is 1. The van der Waals surface area contributed by atoms with Gasteiger partial charge in [-0.05, 0) is 65.8 Å². The average Bonchev–Trinajstić information content (AvgIpc) is 3.48. The number of amides is 5. The number of benzene rings is 2. The normalized spacial score (nSPS) is 19.1. The Morgan fingerprint density at radius 1 is 0.977 bits per heavy atom. The van der Waals surface area contributed by atoms with Gasteiger partial charge in [-0.15, -0.1) is 0 Å². The molecule has 220 valence electrons. The van der Waals surface area contributed by atoms with Gasteiger partial charge in [-0.1, -0.05) is 24.3 Å². The van der Waals surface area contributed by atoms with Crippen molar-refractivity contribution < 1.29 is 14.4 Å². The van der Waals surface area contributed by atoms with Gasteiger partial charge in [0.1, 0.15) is 6.04 Å². The van der Waals surface area contributed by atoms with Gasteiger partial charge in [-0.3, -0.25) is 14.9 Å². The number of nitrogens with zero attached hydrogens (tertiary/aromatic N) is 5. The highest BCUT2D eigenvalue weighted by Gasteiger charge is 2.35. The van der Waals surface area contributed by atoms with Crippen LogP contribution >= 0.6 is 0 Å². The fraction of sp³-hybridized carbons (Fsp3) is 0.344. The molecule has 4 aromatic rings. The smallest absolute Gasteiger partial charge is 0.322 e. The second-order valence-corrected chi connectivity index (χ2v) is 11.5. The van der Waals surface area contributed by atoms with Crippen LogP contribution in [0.2, 0.25) is 0 Å². The van der Waals surface area contributed by atoms with E-state index in [4.69, 9.17) is 0 Å². The van der Waals surface area contributed by atoms with Gasteiger partial charge < -0.3 is 25.3 Å². The van der Waals surface area contributed by atoms with Crippen molar-refractivity contribution in [3.8, 4) is 0 Å². The Kier molecular flexibility index (Phi) is 7.14. The maximum absolute atomic E-state index is 13.9. The summed E-state index contributed by atoms with van der Waals surface area (Å²) in [6, 6.07) is 14.8. The molecule has 3 aliphatic rings. The van der Waals surface area contributed by atoms with Crippen LogP contribution in [-0.2, 0) is 30.7 Å². The molecule has 2 aromatic carbocycles. The molecule has 11 heteroatoms. The molecule has 0 aliphatic carbocycles. The van der Waals surface area contributed by atoms with E-state index in [1.807, 2.05) is 64.5 Å². The fourth-order valence-corrected chi connectivity index (χ4v) is 6.55. The molecule has 5 amide bonds. The highest BCUT2D eigenvalue weighted by molar-refractivity contribution is 5.93. The van der Waals surface area contributed by atoms with Crippen LogP contribution in [0.3, 0.4) is 0 Å². The number of hydrogen-bond donors (Lipinski definition) is 3. The van der Waals surface area contributed by atoms with E-state index in [0.29, 0.717) is 58.4 Å². The lowest BCUT2D eigenvalue weighted by Gasteiger charge is -2.40. The fourth-order valence-electron chi connectivity index (χ4n) is 6.55. The van der Waals surface area contributed by atoms with Crippen molar-refractivity contribution in [3.05, 3.63) is 89.4 Å². The summed E-state index contributed by atoms with van der Waals surface area (Å²) in [6.45, 7) is 2.57. The number of carbonyl (C=O) groups is 3. The van der Waals surface area contributed by atoms with E-state index in [1.54, 1.807) is 17.3 Å². The first-order valence-corrected chi connectivity index (χ1v) is 14.9. The number of pyridine rings is 1. The third-order valence-corrected chi connectivity index (χ3v) is 8.99. The van der Waals surface area contributed by atoms with E-state index < -0.39 is 6.04 Å². The van der Waals surface area contributed by atoms with Crippen molar-refractivity contribution in [3.63, 3.8) is 0 Å². The van der Waals surface area contributed by atoms with Crippen LogP contribution in [0.5, 0.6) is 0 Å². The number of para-hydroxylation sites is 1. The van der Waals surface area contributed by atoms with Gasteiger partial charge >= 0.3 is 12.1 Å². The van der Waals surface area contributed by atoms with Crippen molar-refractivity contribution in [2.24, 2.45) is 0 Å². The second-order valence-electron chi connectivity index (χ2n) is 11.5. The molecule has 11 nitrogen and oxygen atoms in total. The first-order chi connectivity index (χ1) is 21.0. The Morgan fingerprint density at radius 3 is 2.63 bits per heavy atom. The van der Waals surface area contributed by atoms with E-state index in [9.17, 15) is 14.4 Å². The van der Waals surface area contributed by atoms with Crippen LogP contribution in [0.15, 0.2) is 67.1 Å². The average molecular weight is 579 g/mol. The Balaban J connectivity index is 1.04. The molecule has 3 aliphatic heterocycles. The summed E-state index contributed by atoms with van der Waals surface area (Å²) < 4.78 is 0. The summed E-state index contributed by atoms with van der Waals surface area (Å²) in [5, 5.41) is 14.3. The minimum atomic E-state index is -0.683. The van der Waals surface area contributed by atoms with Gasteiger partial charge in [0, 0.05) is 68.7 Å². The summed E-state index contributed by atoms with van der Waals surface area (Å²) in [7, 11) is 0. The molecule has 0 bridgehead atoms. The maximum Gasteiger partial charge on any atom is 0.322 e.